The van der Waals surface area contributed by atoms with E-state index < -0.39 is 0 Å². The summed E-state index contributed by atoms with van der Waals surface area (Å²) in [7, 11) is 1.70. The van der Waals surface area contributed by atoms with E-state index in [1.165, 1.54) is 0 Å². The molecule has 2 heterocycles. The van der Waals surface area contributed by atoms with Gasteiger partial charge in [0.25, 0.3) is 0 Å². The van der Waals surface area contributed by atoms with Gasteiger partial charge in [-0.15, -0.1) is 0 Å². The van der Waals surface area contributed by atoms with Gasteiger partial charge in [-0.05, 0) is 40.9 Å². The molecular weight excluding hydrogens is 296 g/mol. The van der Waals surface area contributed by atoms with Crippen LogP contribution in [-0.4, -0.2) is 30.1 Å². The summed E-state index contributed by atoms with van der Waals surface area (Å²) < 4.78 is 14.0. The molecule has 0 amide bonds. The van der Waals surface area contributed by atoms with Crippen molar-refractivity contribution >= 4 is 26.8 Å². The van der Waals surface area contributed by atoms with Crippen LogP contribution in [0.1, 0.15) is 18.9 Å². The molecule has 3 rings (SSSR count). The first-order valence-electron chi connectivity index (χ1n) is 6.08. The average Bonchev–Trinajstić information content (AvgIpc) is 2.83. The van der Waals surface area contributed by atoms with Crippen LogP contribution in [-0.2, 0) is 4.74 Å². The van der Waals surface area contributed by atoms with E-state index in [1.54, 1.807) is 7.11 Å². The topological polar surface area (TPSA) is 36.3 Å². The van der Waals surface area contributed by atoms with Crippen molar-refractivity contribution in [3.63, 3.8) is 0 Å². The smallest absolute Gasteiger partial charge is 0.158 e. The minimum absolute atomic E-state index is 0.402. The van der Waals surface area contributed by atoms with Crippen LogP contribution in [0.25, 0.3) is 10.9 Å². The normalized spacial score (nSPS) is 17.2. The summed E-state index contributed by atoms with van der Waals surface area (Å²) in [4.78, 5) is 0. The molecule has 0 spiro atoms. The predicted octanol–water partition coefficient (Wildman–Crippen LogP) is 3.16. The lowest BCUT2D eigenvalue weighted by Gasteiger charge is -2.23. The summed E-state index contributed by atoms with van der Waals surface area (Å²) in [6.07, 6.45) is 3.92. The number of halogens is 1. The first-order chi connectivity index (χ1) is 8.81. The first kappa shape index (κ1) is 12.0. The van der Waals surface area contributed by atoms with Gasteiger partial charge in [0.1, 0.15) is 5.52 Å². The molecule has 0 unspecified atom stereocenters. The molecular formula is C13H15BrN2O2. The molecule has 96 valence electrons. The van der Waals surface area contributed by atoms with Crippen molar-refractivity contribution < 1.29 is 9.47 Å². The lowest BCUT2D eigenvalue weighted by atomic mass is 10.1. The van der Waals surface area contributed by atoms with Gasteiger partial charge in [0.2, 0.25) is 0 Å². The maximum atomic E-state index is 5.51. The molecule has 0 saturated carbocycles. The van der Waals surface area contributed by atoms with Gasteiger partial charge >= 0.3 is 0 Å². The number of methoxy groups -OCH3 is 1. The molecule has 1 aromatic heterocycles. The maximum Gasteiger partial charge on any atom is 0.158 e. The number of hydrogen-bond donors (Lipinski definition) is 0. The van der Waals surface area contributed by atoms with Crippen molar-refractivity contribution in [2.24, 2.45) is 0 Å². The Hall–Kier alpha value is -1.07. The van der Waals surface area contributed by atoms with Crippen LogP contribution in [0.2, 0.25) is 0 Å². The SMILES string of the molecule is COc1c(Br)ccc2cnn(C3CCOCC3)c12. The summed E-state index contributed by atoms with van der Waals surface area (Å²) in [6, 6.07) is 4.46. The molecule has 1 aliphatic heterocycles. The van der Waals surface area contributed by atoms with Crippen LogP contribution in [0.4, 0.5) is 0 Å². The quantitative estimate of drug-likeness (QED) is 0.855. The van der Waals surface area contributed by atoms with E-state index in [0.717, 1.165) is 47.2 Å². The highest BCUT2D eigenvalue weighted by molar-refractivity contribution is 9.10. The summed E-state index contributed by atoms with van der Waals surface area (Å²) in [5, 5.41) is 5.64. The van der Waals surface area contributed by atoms with Crippen LogP contribution in [0.5, 0.6) is 5.75 Å². The Morgan fingerprint density at radius 2 is 2.17 bits per heavy atom. The maximum absolute atomic E-state index is 5.51. The fraction of sp³-hybridized carbons (Fsp3) is 0.462. The van der Waals surface area contributed by atoms with E-state index >= 15 is 0 Å². The van der Waals surface area contributed by atoms with Gasteiger partial charge in [0, 0.05) is 18.6 Å². The van der Waals surface area contributed by atoms with Crippen molar-refractivity contribution in [3.05, 3.63) is 22.8 Å². The fourth-order valence-electron chi connectivity index (χ4n) is 2.49. The van der Waals surface area contributed by atoms with Gasteiger partial charge in [0.15, 0.2) is 5.75 Å². The number of fused-ring (bicyclic) bond motifs is 1. The second-order valence-electron chi connectivity index (χ2n) is 4.45. The molecule has 4 nitrogen and oxygen atoms in total. The Labute approximate surface area is 114 Å². The van der Waals surface area contributed by atoms with E-state index in [-0.39, 0.29) is 0 Å². The van der Waals surface area contributed by atoms with E-state index in [9.17, 15) is 0 Å². The number of hydrogen-bond acceptors (Lipinski definition) is 3. The number of ether oxygens (including phenoxy) is 2. The summed E-state index contributed by atoms with van der Waals surface area (Å²) in [6.45, 7) is 1.62. The minimum atomic E-state index is 0.402. The first-order valence-corrected chi connectivity index (χ1v) is 6.88. The Bertz CT molecular complexity index is 561. The van der Waals surface area contributed by atoms with Gasteiger partial charge in [0.05, 0.1) is 23.8 Å². The van der Waals surface area contributed by atoms with Gasteiger partial charge in [-0.3, -0.25) is 4.68 Å². The molecule has 0 atom stereocenters. The van der Waals surface area contributed by atoms with Crippen LogP contribution >= 0.6 is 15.9 Å². The molecule has 1 aliphatic rings. The van der Waals surface area contributed by atoms with Crippen molar-refractivity contribution in [1.29, 1.82) is 0 Å². The van der Waals surface area contributed by atoms with Gasteiger partial charge in [-0.2, -0.15) is 5.10 Å². The third-order valence-corrected chi connectivity index (χ3v) is 4.03. The monoisotopic (exact) mass is 310 g/mol. The minimum Gasteiger partial charge on any atom is -0.493 e. The van der Waals surface area contributed by atoms with Crippen molar-refractivity contribution in [3.8, 4) is 5.75 Å². The van der Waals surface area contributed by atoms with E-state index in [1.807, 2.05) is 12.3 Å². The molecule has 5 heteroatoms. The average molecular weight is 311 g/mol. The van der Waals surface area contributed by atoms with Gasteiger partial charge in [-0.1, -0.05) is 0 Å². The summed E-state index contributed by atoms with van der Waals surface area (Å²) in [5.41, 5.74) is 1.07. The number of aromatic nitrogens is 2. The Kier molecular flexibility index (Phi) is 3.26. The van der Waals surface area contributed by atoms with Crippen molar-refractivity contribution in [2.45, 2.75) is 18.9 Å². The molecule has 1 saturated heterocycles. The Morgan fingerprint density at radius 3 is 2.89 bits per heavy atom. The Balaban J connectivity index is 2.14. The molecule has 0 N–H and O–H groups in total. The van der Waals surface area contributed by atoms with Crippen molar-refractivity contribution in [1.82, 2.24) is 9.78 Å². The van der Waals surface area contributed by atoms with Crippen LogP contribution in [0.15, 0.2) is 22.8 Å². The standard InChI is InChI=1S/C13H15BrN2O2/c1-17-13-11(14)3-2-9-8-15-16(12(9)13)10-4-6-18-7-5-10/h2-3,8,10H,4-7H2,1H3. The fourth-order valence-corrected chi connectivity index (χ4v) is 2.97. The molecule has 0 radical (unpaired) electrons. The summed E-state index contributed by atoms with van der Waals surface area (Å²) >= 11 is 3.53. The highest BCUT2D eigenvalue weighted by atomic mass is 79.9. The molecule has 18 heavy (non-hydrogen) atoms. The lowest BCUT2D eigenvalue weighted by molar-refractivity contribution is 0.0674. The number of benzene rings is 1. The molecule has 2 aromatic rings. The molecule has 0 bridgehead atoms. The largest absolute Gasteiger partial charge is 0.493 e. The van der Waals surface area contributed by atoms with Gasteiger partial charge in [-0.25, -0.2) is 0 Å². The lowest BCUT2D eigenvalue weighted by Crippen LogP contribution is -2.20. The Morgan fingerprint density at radius 1 is 1.39 bits per heavy atom. The van der Waals surface area contributed by atoms with Crippen LogP contribution in [0.3, 0.4) is 0 Å². The zero-order chi connectivity index (χ0) is 12.5. The highest BCUT2D eigenvalue weighted by Crippen LogP contribution is 2.36. The third kappa shape index (κ3) is 1.91. The van der Waals surface area contributed by atoms with Gasteiger partial charge < -0.3 is 9.47 Å². The number of rotatable bonds is 2. The second kappa shape index (κ2) is 4.90. The van der Waals surface area contributed by atoms with Crippen molar-refractivity contribution in [2.75, 3.05) is 20.3 Å². The molecule has 1 fully saturated rings. The van der Waals surface area contributed by atoms with E-state index in [0.29, 0.717) is 6.04 Å². The van der Waals surface area contributed by atoms with Crippen LogP contribution in [0, 0.1) is 0 Å². The molecule has 1 aromatic carbocycles. The van der Waals surface area contributed by atoms with E-state index in [4.69, 9.17) is 9.47 Å². The second-order valence-corrected chi connectivity index (χ2v) is 5.31. The third-order valence-electron chi connectivity index (χ3n) is 3.41. The number of nitrogens with zero attached hydrogens (tertiary/aromatic N) is 2. The summed E-state index contributed by atoms with van der Waals surface area (Å²) in [5.74, 6) is 0.858. The van der Waals surface area contributed by atoms with Crippen LogP contribution < -0.4 is 4.74 Å². The predicted molar refractivity (Wildman–Crippen MR) is 73.1 cm³/mol. The highest BCUT2D eigenvalue weighted by Gasteiger charge is 2.21. The van der Waals surface area contributed by atoms with E-state index in [2.05, 4.69) is 31.8 Å². The zero-order valence-corrected chi connectivity index (χ0v) is 11.8. The zero-order valence-electron chi connectivity index (χ0n) is 10.2. The molecule has 0 aliphatic carbocycles.